The lowest BCUT2D eigenvalue weighted by atomic mass is 10.0. The van der Waals surface area contributed by atoms with Crippen LogP contribution in [-0.4, -0.2) is 25.7 Å². The number of aromatic carboxylic acids is 1. The van der Waals surface area contributed by atoms with Gasteiger partial charge in [0.25, 0.3) is 0 Å². The Labute approximate surface area is 112 Å². The van der Waals surface area contributed by atoms with Crippen LogP contribution >= 0.6 is 0 Å². The summed E-state index contributed by atoms with van der Waals surface area (Å²) in [5.74, 6) is -1.79. The maximum absolute atomic E-state index is 13.9. The van der Waals surface area contributed by atoms with E-state index in [1.54, 1.807) is 6.07 Å². The number of nitrogens with zero attached hydrogens (tertiary/aromatic N) is 3. The van der Waals surface area contributed by atoms with E-state index in [2.05, 4.69) is 10.1 Å². The number of hydrogen-bond acceptors (Lipinski definition) is 4. The van der Waals surface area contributed by atoms with Crippen LogP contribution in [0.2, 0.25) is 0 Å². The zero-order valence-corrected chi connectivity index (χ0v) is 10.1. The molecule has 2 aromatic heterocycles. The van der Waals surface area contributed by atoms with Crippen LogP contribution in [0.5, 0.6) is 0 Å². The van der Waals surface area contributed by atoms with Gasteiger partial charge in [-0.05, 0) is 18.2 Å². The molecular formula is C13H9FN4O2. The lowest BCUT2D eigenvalue weighted by molar-refractivity contribution is 0.0688. The fourth-order valence-corrected chi connectivity index (χ4v) is 2.07. The van der Waals surface area contributed by atoms with Gasteiger partial charge in [-0.15, -0.1) is 5.10 Å². The molecule has 1 aromatic carbocycles. The second kappa shape index (κ2) is 4.30. The van der Waals surface area contributed by atoms with Gasteiger partial charge >= 0.3 is 5.97 Å². The standard InChI is InChI=1S/C13H9FN4O2/c14-9-4-2-1-3-7(9)8-5-6-10-16-13(15)17-18(10)11(8)12(19)20/h1-6H,(H2,15,17)(H,19,20). The summed E-state index contributed by atoms with van der Waals surface area (Å²) in [4.78, 5) is 15.4. The van der Waals surface area contributed by atoms with Crippen LogP contribution in [-0.2, 0) is 0 Å². The number of benzene rings is 1. The van der Waals surface area contributed by atoms with E-state index >= 15 is 0 Å². The number of nitrogen functional groups attached to an aromatic ring is 1. The molecule has 0 fully saturated rings. The van der Waals surface area contributed by atoms with Crippen molar-refractivity contribution in [1.29, 1.82) is 0 Å². The molecule has 0 bridgehead atoms. The van der Waals surface area contributed by atoms with Gasteiger partial charge < -0.3 is 10.8 Å². The third-order valence-corrected chi connectivity index (χ3v) is 2.88. The highest BCUT2D eigenvalue weighted by Crippen LogP contribution is 2.27. The van der Waals surface area contributed by atoms with Crippen molar-refractivity contribution >= 4 is 17.6 Å². The Morgan fingerprint density at radius 1 is 1.20 bits per heavy atom. The molecular weight excluding hydrogens is 263 g/mol. The van der Waals surface area contributed by atoms with E-state index in [1.165, 1.54) is 30.3 Å². The summed E-state index contributed by atoms with van der Waals surface area (Å²) in [7, 11) is 0. The molecule has 2 heterocycles. The largest absolute Gasteiger partial charge is 0.476 e. The van der Waals surface area contributed by atoms with Crippen molar-refractivity contribution in [2.75, 3.05) is 5.73 Å². The van der Waals surface area contributed by atoms with Crippen LogP contribution < -0.4 is 5.73 Å². The topological polar surface area (TPSA) is 93.5 Å². The van der Waals surface area contributed by atoms with E-state index in [9.17, 15) is 14.3 Å². The van der Waals surface area contributed by atoms with Crippen LogP contribution in [0.15, 0.2) is 36.4 Å². The maximum Gasteiger partial charge on any atom is 0.355 e. The Morgan fingerprint density at radius 3 is 2.65 bits per heavy atom. The van der Waals surface area contributed by atoms with Crippen molar-refractivity contribution in [2.24, 2.45) is 0 Å². The summed E-state index contributed by atoms with van der Waals surface area (Å²) in [6, 6.07) is 8.96. The van der Waals surface area contributed by atoms with Crippen molar-refractivity contribution in [2.45, 2.75) is 0 Å². The van der Waals surface area contributed by atoms with E-state index in [0.717, 1.165) is 4.52 Å². The third-order valence-electron chi connectivity index (χ3n) is 2.88. The minimum absolute atomic E-state index is 0.0433. The van der Waals surface area contributed by atoms with Crippen molar-refractivity contribution in [3.63, 3.8) is 0 Å². The van der Waals surface area contributed by atoms with Gasteiger partial charge in [-0.1, -0.05) is 18.2 Å². The third kappa shape index (κ3) is 1.76. The zero-order chi connectivity index (χ0) is 14.3. The van der Waals surface area contributed by atoms with Gasteiger partial charge in [0.2, 0.25) is 5.95 Å². The summed E-state index contributed by atoms with van der Waals surface area (Å²) >= 11 is 0. The van der Waals surface area contributed by atoms with E-state index in [1.807, 2.05) is 0 Å². The van der Waals surface area contributed by atoms with Crippen molar-refractivity contribution in [3.8, 4) is 11.1 Å². The van der Waals surface area contributed by atoms with Crippen LogP contribution in [0.1, 0.15) is 10.5 Å². The molecule has 3 rings (SSSR count). The smallest absolute Gasteiger partial charge is 0.355 e. The number of halogens is 1. The second-order valence-corrected chi connectivity index (χ2v) is 4.12. The molecule has 3 aromatic rings. The molecule has 0 aliphatic carbocycles. The Morgan fingerprint density at radius 2 is 1.95 bits per heavy atom. The number of anilines is 1. The minimum atomic E-state index is -1.24. The van der Waals surface area contributed by atoms with Crippen LogP contribution in [0.4, 0.5) is 10.3 Å². The fourth-order valence-electron chi connectivity index (χ4n) is 2.07. The predicted molar refractivity (Wildman–Crippen MR) is 69.8 cm³/mol. The lowest BCUT2D eigenvalue weighted by Crippen LogP contribution is -2.09. The quantitative estimate of drug-likeness (QED) is 0.742. The SMILES string of the molecule is Nc1nc2ccc(-c3ccccc3F)c(C(=O)O)n2n1. The van der Waals surface area contributed by atoms with Gasteiger partial charge in [-0.2, -0.15) is 4.98 Å². The molecule has 0 amide bonds. The number of carbonyl (C=O) groups is 1. The Hall–Kier alpha value is -2.96. The van der Waals surface area contributed by atoms with E-state index < -0.39 is 11.8 Å². The highest BCUT2D eigenvalue weighted by molar-refractivity contribution is 5.95. The first-order chi connectivity index (χ1) is 9.58. The molecule has 3 N–H and O–H groups in total. The summed E-state index contributed by atoms with van der Waals surface area (Å²) in [6.07, 6.45) is 0. The van der Waals surface area contributed by atoms with E-state index in [4.69, 9.17) is 5.73 Å². The average Bonchev–Trinajstić information content (AvgIpc) is 2.78. The molecule has 7 heteroatoms. The molecule has 0 spiro atoms. The molecule has 0 radical (unpaired) electrons. The first kappa shape index (κ1) is 12.1. The summed E-state index contributed by atoms with van der Waals surface area (Å²) in [5.41, 5.74) is 5.97. The van der Waals surface area contributed by atoms with Gasteiger partial charge in [0, 0.05) is 11.1 Å². The van der Waals surface area contributed by atoms with Crippen LogP contribution in [0, 0.1) is 5.82 Å². The highest BCUT2D eigenvalue weighted by Gasteiger charge is 2.20. The van der Waals surface area contributed by atoms with Gasteiger partial charge in [0.05, 0.1) is 0 Å². The fraction of sp³-hybridized carbons (Fsp3) is 0. The number of nitrogens with two attached hydrogens (primary N) is 1. The van der Waals surface area contributed by atoms with Crippen molar-refractivity contribution < 1.29 is 14.3 Å². The van der Waals surface area contributed by atoms with Gasteiger partial charge in [-0.25, -0.2) is 13.7 Å². The molecule has 0 aliphatic rings. The zero-order valence-electron chi connectivity index (χ0n) is 10.1. The lowest BCUT2D eigenvalue weighted by Gasteiger charge is -2.08. The van der Waals surface area contributed by atoms with Crippen molar-refractivity contribution in [1.82, 2.24) is 14.6 Å². The number of aromatic nitrogens is 3. The molecule has 0 saturated carbocycles. The molecule has 0 saturated heterocycles. The number of pyridine rings is 1. The number of carboxylic acids is 1. The summed E-state index contributed by atoms with van der Waals surface area (Å²) in [6.45, 7) is 0. The molecule has 0 aliphatic heterocycles. The summed E-state index contributed by atoms with van der Waals surface area (Å²) < 4.78 is 15.0. The second-order valence-electron chi connectivity index (χ2n) is 4.12. The number of fused-ring (bicyclic) bond motifs is 1. The highest BCUT2D eigenvalue weighted by atomic mass is 19.1. The van der Waals surface area contributed by atoms with E-state index in [-0.39, 0.29) is 22.8 Å². The first-order valence-electron chi connectivity index (χ1n) is 5.71. The van der Waals surface area contributed by atoms with Gasteiger partial charge in [0.1, 0.15) is 5.82 Å². The summed E-state index contributed by atoms with van der Waals surface area (Å²) in [5, 5.41) is 13.2. The monoisotopic (exact) mass is 272 g/mol. The van der Waals surface area contributed by atoms with Crippen LogP contribution in [0.3, 0.4) is 0 Å². The Kier molecular flexibility index (Phi) is 2.60. The number of hydrogen-bond donors (Lipinski definition) is 2. The number of rotatable bonds is 2. The molecule has 100 valence electrons. The maximum atomic E-state index is 13.9. The molecule has 6 nitrogen and oxygen atoms in total. The minimum Gasteiger partial charge on any atom is -0.476 e. The Balaban J connectivity index is 2.39. The number of carboxylic acid groups (broad SMARTS) is 1. The molecule has 20 heavy (non-hydrogen) atoms. The van der Waals surface area contributed by atoms with Gasteiger partial charge in [0.15, 0.2) is 11.3 Å². The molecule has 0 unspecified atom stereocenters. The van der Waals surface area contributed by atoms with E-state index in [0.29, 0.717) is 5.65 Å². The van der Waals surface area contributed by atoms with Gasteiger partial charge in [-0.3, -0.25) is 0 Å². The van der Waals surface area contributed by atoms with Crippen LogP contribution in [0.25, 0.3) is 16.8 Å². The molecule has 0 atom stereocenters. The predicted octanol–water partition coefficient (Wildman–Crippen LogP) is 1.82. The Bertz CT molecular complexity index is 828. The average molecular weight is 272 g/mol. The first-order valence-corrected chi connectivity index (χ1v) is 5.71. The van der Waals surface area contributed by atoms with Crippen molar-refractivity contribution in [3.05, 3.63) is 47.9 Å². The normalized spacial score (nSPS) is 10.8.